The first-order valence-electron chi connectivity index (χ1n) is 7.77. The fourth-order valence-electron chi connectivity index (χ4n) is 2.51. The quantitative estimate of drug-likeness (QED) is 0.451. The van der Waals surface area contributed by atoms with Crippen LogP contribution in [0.3, 0.4) is 0 Å². The smallest absolute Gasteiger partial charge is 0.326 e. The molecule has 130 valence electrons. The highest BCUT2D eigenvalue weighted by atomic mass is 16.4. The number of carbonyl (C=O) groups excluding carboxylic acids is 2. The van der Waals surface area contributed by atoms with Gasteiger partial charge in [-0.1, -0.05) is 12.1 Å². The number of amides is 2. The largest absolute Gasteiger partial charge is 0.508 e. The maximum Gasteiger partial charge on any atom is 0.326 e. The molecule has 1 aromatic rings. The fraction of sp³-hybridized carbons (Fsp3) is 0.438. The zero-order valence-electron chi connectivity index (χ0n) is 13.1. The molecule has 0 saturated carbocycles. The molecule has 1 aliphatic heterocycles. The topological polar surface area (TPSA) is 128 Å². The van der Waals surface area contributed by atoms with Crippen molar-refractivity contribution in [3.63, 3.8) is 0 Å². The molecule has 1 aliphatic rings. The molecule has 0 aromatic heterocycles. The Balaban J connectivity index is 1.83. The second-order valence-corrected chi connectivity index (χ2v) is 5.70. The van der Waals surface area contributed by atoms with Crippen LogP contribution in [0, 0.1) is 0 Å². The van der Waals surface area contributed by atoms with Gasteiger partial charge >= 0.3 is 5.97 Å². The van der Waals surface area contributed by atoms with Crippen molar-refractivity contribution in [1.82, 2.24) is 16.0 Å². The van der Waals surface area contributed by atoms with E-state index in [1.54, 1.807) is 12.1 Å². The highest BCUT2D eigenvalue weighted by Crippen LogP contribution is 2.11. The molecule has 2 rings (SSSR count). The lowest BCUT2D eigenvalue weighted by molar-refractivity contribution is -0.141. The third-order valence-electron chi connectivity index (χ3n) is 3.81. The molecule has 0 spiro atoms. The number of aromatic hydroxyl groups is 1. The monoisotopic (exact) mass is 335 g/mol. The van der Waals surface area contributed by atoms with Crippen molar-refractivity contribution >= 4 is 17.8 Å². The molecule has 1 aromatic carbocycles. The van der Waals surface area contributed by atoms with Crippen LogP contribution in [0.2, 0.25) is 0 Å². The second-order valence-electron chi connectivity index (χ2n) is 5.70. The molecule has 5 N–H and O–H groups in total. The molecular formula is C16H21N3O5. The van der Waals surface area contributed by atoms with Crippen molar-refractivity contribution in [3.05, 3.63) is 29.8 Å². The number of phenols is 1. The van der Waals surface area contributed by atoms with Crippen LogP contribution in [-0.4, -0.2) is 53.2 Å². The number of phenolic OH excluding ortho intramolecular Hbond substituents is 1. The Hall–Kier alpha value is -2.61. The predicted molar refractivity (Wildman–Crippen MR) is 85.4 cm³/mol. The van der Waals surface area contributed by atoms with Gasteiger partial charge in [0, 0.05) is 6.42 Å². The summed E-state index contributed by atoms with van der Waals surface area (Å²) in [5.74, 6) is -1.90. The minimum atomic E-state index is -1.17. The average molecular weight is 335 g/mol. The summed E-state index contributed by atoms with van der Waals surface area (Å²) in [4.78, 5) is 35.0. The van der Waals surface area contributed by atoms with Gasteiger partial charge in [-0.3, -0.25) is 9.59 Å². The van der Waals surface area contributed by atoms with Crippen LogP contribution in [0.15, 0.2) is 24.3 Å². The van der Waals surface area contributed by atoms with Crippen LogP contribution in [0.25, 0.3) is 0 Å². The van der Waals surface area contributed by atoms with E-state index in [0.29, 0.717) is 5.56 Å². The minimum absolute atomic E-state index is 0.0814. The van der Waals surface area contributed by atoms with Gasteiger partial charge in [-0.05, 0) is 37.1 Å². The normalized spacial score (nSPS) is 17.9. The summed E-state index contributed by atoms with van der Waals surface area (Å²) >= 11 is 0. The van der Waals surface area contributed by atoms with Crippen molar-refractivity contribution in [2.75, 3.05) is 13.1 Å². The van der Waals surface area contributed by atoms with Gasteiger partial charge < -0.3 is 26.2 Å². The lowest BCUT2D eigenvalue weighted by Gasteiger charge is -2.16. The highest BCUT2D eigenvalue weighted by molar-refractivity contribution is 5.89. The molecule has 1 heterocycles. The van der Waals surface area contributed by atoms with E-state index in [4.69, 9.17) is 0 Å². The fourth-order valence-corrected chi connectivity index (χ4v) is 2.51. The van der Waals surface area contributed by atoms with Crippen LogP contribution < -0.4 is 16.0 Å². The Morgan fingerprint density at radius 2 is 1.96 bits per heavy atom. The molecule has 1 fully saturated rings. The molecular weight excluding hydrogens is 314 g/mol. The molecule has 2 atom stereocenters. The third-order valence-corrected chi connectivity index (χ3v) is 3.81. The summed E-state index contributed by atoms with van der Waals surface area (Å²) in [6.07, 6.45) is 1.73. The minimum Gasteiger partial charge on any atom is -0.508 e. The lowest BCUT2D eigenvalue weighted by Crippen LogP contribution is -2.49. The van der Waals surface area contributed by atoms with Crippen molar-refractivity contribution in [1.29, 1.82) is 0 Å². The lowest BCUT2D eigenvalue weighted by atomic mass is 10.1. The van der Waals surface area contributed by atoms with Gasteiger partial charge in [-0.15, -0.1) is 0 Å². The van der Waals surface area contributed by atoms with Crippen LogP contribution in [0.5, 0.6) is 5.75 Å². The maximum atomic E-state index is 11.9. The van der Waals surface area contributed by atoms with Gasteiger partial charge in [0.2, 0.25) is 11.8 Å². The van der Waals surface area contributed by atoms with E-state index < -0.39 is 17.9 Å². The number of rotatable bonds is 7. The summed E-state index contributed by atoms with van der Waals surface area (Å²) < 4.78 is 0. The van der Waals surface area contributed by atoms with Gasteiger partial charge in [-0.25, -0.2) is 4.79 Å². The number of nitrogens with one attached hydrogen (secondary N) is 3. The van der Waals surface area contributed by atoms with E-state index in [2.05, 4.69) is 16.0 Å². The number of carboxylic acids is 1. The zero-order valence-corrected chi connectivity index (χ0v) is 13.1. The van der Waals surface area contributed by atoms with Crippen molar-refractivity contribution in [2.45, 2.75) is 31.3 Å². The Morgan fingerprint density at radius 3 is 2.54 bits per heavy atom. The number of hydrogen-bond donors (Lipinski definition) is 5. The van der Waals surface area contributed by atoms with Crippen LogP contribution >= 0.6 is 0 Å². The SMILES string of the molecule is O=C(CNC(=O)C1CCCN1)NC(Cc1ccc(O)cc1)C(=O)O. The van der Waals surface area contributed by atoms with Crippen molar-refractivity contribution < 1.29 is 24.6 Å². The molecule has 2 amide bonds. The first-order chi connectivity index (χ1) is 11.5. The first kappa shape index (κ1) is 17.7. The first-order valence-corrected chi connectivity index (χ1v) is 7.77. The van der Waals surface area contributed by atoms with E-state index in [1.807, 2.05) is 0 Å². The number of aliphatic carboxylic acids is 1. The Morgan fingerprint density at radius 1 is 1.25 bits per heavy atom. The van der Waals surface area contributed by atoms with E-state index in [9.17, 15) is 24.6 Å². The Labute approximate surface area is 139 Å². The van der Waals surface area contributed by atoms with Crippen LogP contribution in [0.4, 0.5) is 0 Å². The van der Waals surface area contributed by atoms with Crippen LogP contribution in [-0.2, 0) is 20.8 Å². The Kier molecular flexibility index (Phi) is 6.14. The summed E-state index contributed by atoms with van der Waals surface area (Å²) in [5, 5.41) is 26.4. The van der Waals surface area contributed by atoms with Crippen molar-refractivity contribution in [2.24, 2.45) is 0 Å². The molecule has 8 nitrogen and oxygen atoms in total. The van der Waals surface area contributed by atoms with Gasteiger partial charge in [0.1, 0.15) is 11.8 Å². The van der Waals surface area contributed by atoms with Gasteiger partial charge in [0.15, 0.2) is 0 Å². The van der Waals surface area contributed by atoms with Gasteiger partial charge in [-0.2, -0.15) is 0 Å². The molecule has 0 radical (unpaired) electrons. The summed E-state index contributed by atoms with van der Waals surface area (Å²) in [6.45, 7) is 0.508. The molecule has 1 saturated heterocycles. The van der Waals surface area contributed by atoms with E-state index in [-0.39, 0.29) is 30.7 Å². The van der Waals surface area contributed by atoms with Gasteiger partial charge in [0.25, 0.3) is 0 Å². The maximum absolute atomic E-state index is 11.9. The molecule has 0 aliphatic carbocycles. The molecule has 2 unspecified atom stereocenters. The van der Waals surface area contributed by atoms with Gasteiger partial charge in [0.05, 0.1) is 12.6 Å². The molecule has 0 bridgehead atoms. The summed E-state index contributed by atoms with van der Waals surface area (Å²) in [6, 6.07) is 4.68. The number of hydrogen-bond acceptors (Lipinski definition) is 5. The van der Waals surface area contributed by atoms with Crippen molar-refractivity contribution in [3.8, 4) is 5.75 Å². The van der Waals surface area contributed by atoms with E-state index in [1.165, 1.54) is 12.1 Å². The van der Waals surface area contributed by atoms with E-state index >= 15 is 0 Å². The number of carbonyl (C=O) groups is 3. The number of carboxylic acid groups (broad SMARTS) is 1. The summed E-state index contributed by atoms with van der Waals surface area (Å²) in [7, 11) is 0. The summed E-state index contributed by atoms with van der Waals surface area (Å²) in [5.41, 5.74) is 0.666. The zero-order chi connectivity index (χ0) is 17.5. The molecule has 8 heteroatoms. The van der Waals surface area contributed by atoms with Crippen LogP contribution in [0.1, 0.15) is 18.4 Å². The average Bonchev–Trinajstić information content (AvgIpc) is 3.08. The van der Waals surface area contributed by atoms with E-state index in [0.717, 1.165) is 19.4 Å². The standard InChI is InChI=1S/C16H21N3O5/c20-11-5-3-10(4-6-11)8-13(16(23)24)19-14(21)9-18-15(22)12-2-1-7-17-12/h3-6,12-13,17,20H,1-2,7-9H2,(H,18,22)(H,19,21)(H,23,24). The highest BCUT2D eigenvalue weighted by Gasteiger charge is 2.24. The molecule has 24 heavy (non-hydrogen) atoms. The number of benzene rings is 1. The Bertz CT molecular complexity index is 596. The third kappa shape index (κ3) is 5.24. The predicted octanol–water partition coefficient (Wildman–Crippen LogP) is -0.628. The second kappa shape index (κ2) is 8.30.